The van der Waals surface area contributed by atoms with E-state index in [-0.39, 0.29) is 0 Å². The third kappa shape index (κ3) is 0.747. The summed E-state index contributed by atoms with van der Waals surface area (Å²) in [6.45, 7) is 2.32. The Balaban J connectivity index is 2.03. The number of hydrogen-bond donors (Lipinski definition) is 2. The van der Waals surface area contributed by atoms with Gasteiger partial charge in [-0.25, -0.2) is 0 Å². The first-order chi connectivity index (χ1) is 3.95. The van der Waals surface area contributed by atoms with Crippen LogP contribution >= 0.6 is 11.8 Å². The molecule has 0 amide bonds. The summed E-state index contributed by atoms with van der Waals surface area (Å²) in [5.41, 5.74) is 0. The molecule has 2 N–H and O–H groups in total. The first kappa shape index (κ1) is 5.09. The maximum absolute atomic E-state index is 3.49. The summed E-state index contributed by atoms with van der Waals surface area (Å²) in [5.74, 6) is 1.30. The standard InChI is InChI=1S/C5H10N2S/c1-4-3-8-5(7-4)2-6-1/h4-7H,1-3H2/t4-,5-/m1/s1. The Kier molecular flexibility index (Phi) is 1.21. The van der Waals surface area contributed by atoms with Crippen LogP contribution in [0.3, 0.4) is 0 Å². The molecule has 2 heterocycles. The summed E-state index contributed by atoms with van der Waals surface area (Å²) in [7, 11) is 0. The maximum atomic E-state index is 3.49. The van der Waals surface area contributed by atoms with Crippen molar-refractivity contribution in [1.29, 1.82) is 0 Å². The normalized spacial score (nSPS) is 45.0. The number of rotatable bonds is 0. The van der Waals surface area contributed by atoms with Crippen LogP contribution in [0.25, 0.3) is 0 Å². The molecule has 8 heavy (non-hydrogen) atoms. The molecule has 2 nitrogen and oxygen atoms in total. The zero-order valence-corrected chi connectivity index (χ0v) is 5.50. The molecule has 0 aromatic carbocycles. The fourth-order valence-electron chi connectivity index (χ4n) is 1.22. The van der Waals surface area contributed by atoms with Crippen LogP contribution < -0.4 is 10.6 Å². The van der Waals surface area contributed by atoms with E-state index in [4.69, 9.17) is 0 Å². The van der Waals surface area contributed by atoms with Gasteiger partial charge in [-0.3, -0.25) is 5.32 Å². The highest BCUT2D eigenvalue weighted by Gasteiger charge is 2.27. The quantitative estimate of drug-likeness (QED) is 0.467. The van der Waals surface area contributed by atoms with Gasteiger partial charge in [0.2, 0.25) is 0 Å². The Labute approximate surface area is 53.4 Å². The molecule has 0 unspecified atom stereocenters. The average Bonchev–Trinajstić information content (AvgIpc) is 2.12. The van der Waals surface area contributed by atoms with E-state index in [9.17, 15) is 0 Å². The van der Waals surface area contributed by atoms with E-state index in [1.807, 2.05) is 11.8 Å². The van der Waals surface area contributed by atoms with Crippen molar-refractivity contribution < 1.29 is 0 Å². The van der Waals surface area contributed by atoms with Crippen LogP contribution in [0.4, 0.5) is 0 Å². The summed E-state index contributed by atoms with van der Waals surface area (Å²) < 4.78 is 0. The maximum Gasteiger partial charge on any atom is 0.0662 e. The molecule has 2 fully saturated rings. The smallest absolute Gasteiger partial charge is 0.0662 e. The van der Waals surface area contributed by atoms with Crippen LogP contribution in [0.1, 0.15) is 0 Å². The van der Waals surface area contributed by atoms with E-state index in [1.54, 1.807) is 0 Å². The van der Waals surface area contributed by atoms with E-state index in [0.29, 0.717) is 5.37 Å². The van der Waals surface area contributed by atoms with Gasteiger partial charge in [-0.1, -0.05) is 0 Å². The van der Waals surface area contributed by atoms with Crippen molar-refractivity contribution in [3.63, 3.8) is 0 Å². The molecule has 2 aliphatic heterocycles. The highest BCUT2D eigenvalue weighted by molar-refractivity contribution is 8.00. The minimum absolute atomic E-state index is 0.716. The van der Waals surface area contributed by atoms with Crippen molar-refractivity contribution in [2.75, 3.05) is 18.8 Å². The van der Waals surface area contributed by atoms with E-state index in [1.165, 1.54) is 12.3 Å². The van der Waals surface area contributed by atoms with E-state index < -0.39 is 0 Å². The van der Waals surface area contributed by atoms with Crippen LogP contribution in [0.15, 0.2) is 0 Å². The van der Waals surface area contributed by atoms with Gasteiger partial charge in [0, 0.05) is 24.9 Å². The van der Waals surface area contributed by atoms with Crippen molar-refractivity contribution in [1.82, 2.24) is 10.6 Å². The second-order valence-electron chi connectivity index (χ2n) is 2.34. The molecule has 2 saturated heterocycles. The number of fused-ring (bicyclic) bond motifs is 2. The molecule has 0 aromatic rings. The van der Waals surface area contributed by atoms with Gasteiger partial charge in [0.15, 0.2) is 0 Å². The molecule has 0 spiro atoms. The predicted octanol–water partition coefficient (Wildman–Crippen LogP) is -0.379. The monoisotopic (exact) mass is 130 g/mol. The van der Waals surface area contributed by atoms with Crippen molar-refractivity contribution in [3.05, 3.63) is 0 Å². The van der Waals surface area contributed by atoms with E-state index >= 15 is 0 Å². The molecule has 0 saturated carbocycles. The summed E-state index contributed by atoms with van der Waals surface area (Å²) in [4.78, 5) is 0. The van der Waals surface area contributed by atoms with Gasteiger partial charge in [0.25, 0.3) is 0 Å². The van der Waals surface area contributed by atoms with Crippen LogP contribution in [-0.4, -0.2) is 30.3 Å². The lowest BCUT2D eigenvalue weighted by atomic mass is 10.3. The summed E-state index contributed by atoms with van der Waals surface area (Å²) in [6.07, 6.45) is 0. The lowest BCUT2D eigenvalue weighted by molar-refractivity contribution is 0.447. The summed E-state index contributed by atoms with van der Waals surface area (Å²) in [6, 6.07) is 0.763. The second-order valence-corrected chi connectivity index (χ2v) is 3.58. The summed E-state index contributed by atoms with van der Waals surface area (Å²) in [5, 5.41) is 7.57. The Morgan fingerprint density at radius 2 is 2.38 bits per heavy atom. The third-order valence-electron chi connectivity index (χ3n) is 1.64. The van der Waals surface area contributed by atoms with Gasteiger partial charge >= 0.3 is 0 Å². The predicted molar refractivity (Wildman–Crippen MR) is 36.0 cm³/mol. The Bertz CT molecular complexity index is 82.4. The number of thioether (sulfide) groups is 1. The second kappa shape index (κ2) is 1.90. The molecule has 2 aliphatic rings. The first-order valence-electron chi connectivity index (χ1n) is 3.03. The molecule has 0 radical (unpaired) electrons. The molecule has 2 atom stereocenters. The van der Waals surface area contributed by atoms with E-state index in [2.05, 4.69) is 10.6 Å². The minimum atomic E-state index is 0.716. The van der Waals surface area contributed by atoms with Crippen LogP contribution in [0, 0.1) is 0 Å². The van der Waals surface area contributed by atoms with Gasteiger partial charge in [-0.05, 0) is 0 Å². The van der Waals surface area contributed by atoms with Crippen molar-refractivity contribution in [2.24, 2.45) is 0 Å². The molecule has 2 bridgehead atoms. The van der Waals surface area contributed by atoms with Crippen LogP contribution in [0.5, 0.6) is 0 Å². The fraction of sp³-hybridized carbons (Fsp3) is 1.00. The van der Waals surface area contributed by atoms with Gasteiger partial charge in [0.05, 0.1) is 5.37 Å². The zero-order valence-electron chi connectivity index (χ0n) is 4.68. The topological polar surface area (TPSA) is 24.1 Å². The summed E-state index contributed by atoms with van der Waals surface area (Å²) >= 11 is 2.04. The van der Waals surface area contributed by atoms with Crippen LogP contribution in [-0.2, 0) is 0 Å². The molecule has 46 valence electrons. The van der Waals surface area contributed by atoms with Gasteiger partial charge in [-0.15, -0.1) is 11.8 Å². The fourth-order valence-corrected chi connectivity index (χ4v) is 2.42. The average molecular weight is 130 g/mol. The molecule has 0 aliphatic carbocycles. The third-order valence-corrected chi connectivity index (χ3v) is 2.94. The lowest BCUT2D eigenvalue weighted by Gasteiger charge is -2.19. The first-order valence-corrected chi connectivity index (χ1v) is 4.08. The van der Waals surface area contributed by atoms with Crippen LogP contribution in [0.2, 0.25) is 0 Å². The number of hydrogen-bond acceptors (Lipinski definition) is 3. The molecular formula is C5H10N2S. The lowest BCUT2D eigenvalue weighted by Crippen LogP contribution is -2.48. The number of piperazine rings is 1. The van der Waals surface area contributed by atoms with Gasteiger partial charge in [0.1, 0.15) is 0 Å². The largest absolute Gasteiger partial charge is 0.313 e. The Hall–Kier alpha value is 0.270. The van der Waals surface area contributed by atoms with Crippen molar-refractivity contribution in [2.45, 2.75) is 11.4 Å². The SMILES string of the molecule is C1NC[C@@H]2N[C@H]1CS2. The number of nitrogens with one attached hydrogen (secondary N) is 2. The molecule has 3 heteroatoms. The molecule has 2 rings (SSSR count). The van der Waals surface area contributed by atoms with Crippen molar-refractivity contribution >= 4 is 11.8 Å². The minimum Gasteiger partial charge on any atom is -0.313 e. The highest BCUT2D eigenvalue weighted by atomic mass is 32.2. The Morgan fingerprint density at radius 3 is 3.12 bits per heavy atom. The Morgan fingerprint density at radius 1 is 1.38 bits per heavy atom. The van der Waals surface area contributed by atoms with Crippen molar-refractivity contribution in [3.8, 4) is 0 Å². The molecule has 0 aromatic heterocycles. The highest BCUT2D eigenvalue weighted by Crippen LogP contribution is 2.19. The zero-order chi connectivity index (χ0) is 5.40. The van der Waals surface area contributed by atoms with E-state index in [0.717, 1.165) is 12.6 Å². The van der Waals surface area contributed by atoms with Gasteiger partial charge in [-0.2, -0.15) is 0 Å². The van der Waals surface area contributed by atoms with Gasteiger partial charge < -0.3 is 5.32 Å². The molecular weight excluding hydrogens is 120 g/mol.